The van der Waals surface area contributed by atoms with Crippen LogP contribution in [-0.4, -0.2) is 12.1 Å². The number of nitrogens with zero attached hydrogens (tertiary/aromatic N) is 1. The van der Waals surface area contributed by atoms with E-state index in [-0.39, 0.29) is 17.7 Å². The molecule has 0 heterocycles. The zero-order valence-corrected chi connectivity index (χ0v) is 16.2. The van der Waals surface area contributed by atoms with Crippen LogP contribution < -0.4 is 10.2 Å². The summed E-state index contributed by atoms with van der Waals surface area (Å²) in [5, 5.41) is 4.20. The lowest BCUT2D eigenvalue weighted by Gasteiger charge is -2.11. The van der Waals surface area contributed by atoms with Gasteiger partial charge >= 0.3 is 6.18 Å². The van der Waals surface area contributed by atoms with Gasteiger partial charge in [-0.05, 0) is 24.3 Å². The van der Waals surface area contributed by atoms with Crippen molar-refractivity contribution < 1.29 is 22.7 Å². The molecule has 0 aromatic heterocycles. The van der Waals surface area contributed by atoms with Gasteiger partial charge in [-0.25, -0.2) is 5.43 Å². The maximum Gasteiger partial charge on any atom is 0.417 e. The number of benzene rings is 3. The largest absolute Gasteiger partial charge is 0.488 e. The Hall–Kier alpha value is -3.32. The fourth-order valence-electron chi connectivity index (χ4n) is 2.64. The zero-order valence-electron chi connectivity index (χ0n) is 15.5. The molecule has 0 aliphatic heterocycles. The highest BCUT2D eigenvalue weighted by Crippen LogP contribution is 2.31. The van der Waals surface area contributed by atoms with Gasteiger partial charge < -0.3 is 4.74 Å². The van der Waals surface area contributed by atoms with Gasteiger partial charge in [0, 0.05) is 16.1 Å². The Bertz CT molecular complexity index is 1070. The standard InChI is InChI=1S/C22H16ClF3N2O2/c23-19-11-5-2-8-16(19)14-30-20-12-6-3-9-17(20)21(29)28-27-13-15-7-1-4-10-18(15)22(24,25)26/h1-13H,14H2,(H,28,29)/b27-13-. The fraction of sp³-hybridized carbons (Fsp3) is 0.0909. The van der Waals surface area contributed by atoms with Crippen LogP contribution in [0.2, 0.25) is 5.02 Å². The molecular formula is C22H16ClF3N2O2. The van der Waals surface area contributed by atoms with Gasteiger partial charge in [0.15, 0.2) is 0 Å². The number of hydrazone groups is 1. The van der Waals surface area contributed by atoms with E-state index < -0.39 is 17.6 Å². The van der Waals surface area contributed by atoms with Gasteiger partial charge in [0.25, 0.3) is 5.91 Å². The molecule has 1 amide bonds. The Morgan fingerprint density at radius 1 is 1.00 bits per heavy atom. The minimum Gasteiger partial charge on any atom is -0.488 e. The van der Waals surface area contributed by atoms with Crippen molar-refractivity contribution in [1.29, 1.82) is 0 Å². The summed E-state index contributed by atoms with van der Waals surface area (Å²) >= 11 is 6.11. The first-order chi connectivity index (χ1) is 14.4. The lowest BCUT2D eigenvalue weighted by molar-refractivity contribution is -0.137. The van der Waals surface area contributed by atoms with Gasteiger partial charge in [0.2, 0.25) is 0 Å². The third-order valence-corrected chi connectivity index (χ3v) is 4.48. The van der Waals surface area contributed by atoms with Crippen LogP contribution in [0.25, 0.3) is 0 Å². The first-order valence-corrected chi connectivity index (χ1v) is 9.19. The molecule has 0 unspecified atom stereocenters. The Kier molecular flexibility index (Phi) is 6.74. The van der Waals surface area contributed by atoms with E-state index in [1.165, 1.54) is 24.3 Å². The summed E-state index contributed by atoms with van der Waals surface area (Å²) in [6.07, 6.45) is -3.57. The molecule has 0 saturated heterocycles. The molecule has 8 heteroatoms. The van der Waals surface area contributed by atoms with Crippen molar-refractivity contribution in [2.75, 3.05) is 0 Å². The lowest BCUT2D eigenvalue weighted by Crippen LogP contribution is -2.19. The molecule has 3 rings (SSSR count). The summed E-state index contributed by atoms with van der Waals surface area (Å²) in [7, 11) is 0. The van der Waals surface area contributed by atoms with Crippen molar-refractivity contribution in [1.82, 2.24) is 5.43 Å². The molecule has 0 atom stereocenters. The van der Waals surface area contributed by atoms with E-state index in [4.69, 9.17) is 16.3 Å². The molecule has 1 N–H and O–H groups in total. The van der Waals surface area contributed by atoms with Crippen molar-refractivity contribution in [2.45, 2.75) is 12.8 Å². The van der Waals surface area contributed by atoms with Gasteiger partial charge in [0.05, 0.1) is 17.3 Å². The third kappa shape index (κ3) is 5.39. The van der Waals surface area contributed by atoms with Crippen LogP contribution in [0.15, 0.2) is 77.9 Å². The smallest absolute Gasteiger partial charge is 0.417 e. The van der Waals surface area contributed by atoms with Gasteiger partial charge in [-0.3, -0.25) is 4.79 Å². The Balaban J connectivity index is 1.71. The fourth-order valence-corrected chi connectivity index (χ4v) is 2.83. The molecule has 0 aliphatic rings. The van der Waals surface area contributed by atoms with E-state index >= 15 is 0 Å². The second-order valence-electron chi connectivity index (χ2n) is 6.16. The second-order valence-corrected chi connectivity index (χ2v) is 6.57. The molecular weight excluding hydrogens is 417 g/mol. The van der Waals surface area contributed by atoms with Gasteiger partial charge in [-0.15, -0.1) is 0 Å². The van der Waals surface area contributed by atoms with Crippen molar-refractivity contribution >= 4 is 23.7 Å². The summed E-state index contributed by atoms with van der Waals surface area (Å²) in [4.78, 5) is 12.5. The van der Waals surface area contributed by atoms with E-state index in [0.29, 0.717) is 10.8 Å². The number of hydrogen-bond acceptors (Lipinski definition) is 3. The molecule has 30 heavy (non-hydrogen) atoms. The number of amides is 1. The highest BCUT2D eigenvalue weighted by molar-refractivity contribution is 6.31. The maximum absolute atomic E-state index is 13.0. The van der Waals surface area contributed by atoms with E-state index in [0.717, 1.165) is 17.8 Å². The second kappa shape index (κ2) is 9.45. The van der Waals surface area contributed by atoms with Crippen LogP contribution in [-0.2, 0) is 12.8 Å². The van der Waals surface area contributed by atoms with Crippen LogP contribution in [0.5, 0.6) is 5.75 Å². The highest BCUT2D eigenvalue weighted by atomic mass is 35.5. The molecule has 0 radical (unpaired) electrons. The van der Waals surface area contributed by atoms with Gasteiger partial charge in [-0.1, -0.05) is 60.1 Å². The summed E-state index contributed by atoms with van der Waals surface area (Å²) in [5.41, 5.74) is 2.17. The Morgan fingerprint density at radius 2 is 1.67 bits per heavy atom. The number of halogens is 4. The first kappa shape index (κ1) is 21.4. The summed E-state index contributed by atoms with van der Waals surface area (Å²) < 4.78 is 44.8. The van der Waals surface area contributed by atoms with E-state index in [1.807, 2.05) is 6.07 Å². The summed E-state index contributed by atoms with van der Waals surface area (Å²) in [5.74, 6) is -0.327. The van der Waals surface area contributed by atoms with Crippen molar-refractivity contribution in [3.63, 3.8) is 0 Å². The molecule has 3 aromatic carbocycles. The number of hydrogen-bond donors (Lipinski definition) is 1. The molecule has 0 saturated carbocycles. The third-order valence-electron chi connectivity index (χ3n) is 4.11. The van der Waals surface area contributed by atoms with Gasteiger partial charge in [-0.2, -0.15) is 18.3 Å². The predicted octanol–water partition coefficient (Wildman–Crippen LogP) is 5.70. The van der Waals surface area contributed by atoms with E-state index in [1.54, 1.807) is 36.4 Å². The van der Waals surface area contributed by atoms with Crippen LogP contribution in [0.3, 0.4) is 0 Å². The Labute approximate surface area is 175 Å². The molecule has 0 spiro atoms. The number of rotatable bonds is 6. The van der Waals surface area contributed by atoms with E-state index in [9.17, 15) is 18.0 Å². The molecule has 0 bridgehead atoms. The summed E-state index contributed by atoms with van der Waals surface area (Å²) in [6.45, 7) is 0.145. The minimum absolute atomic E-state index is 0.145. The average Bonchev–Trinajstić information content (AvgIpc) is 2.73. The molecule has 3 aromatic rings. The first-order valence-electron chi connectivity index (χ1n) is 8.81. The molecule has 0 aliphatic carbocycles. The maximum atomic E-state index is 13.0. The number of nitrogens with one attached hydrogen (secondary N) is 1. The summed E-state index contributed by atoms with van der Waals surface area (Å²) in [6, 6.07) is 18.5. The molecule has 4 nitrogen and oxygen atoms in total. The van der Waals surface area contributed by atoms with Crippen LogP contribution in [0, 0.1) is 0 Å². The number of para-hydroxylation sites is 1. The highest BCUT2D eigenvalue weighted by Gasteiger charge is 2.32. The van der Waals surface area contributed by atoms with Crippen molar-refractivity contribution in [3.05, 3.63) is 100 Å². The Morgan fingerprint density at radius 3 is 2.43 bits per heavy atom. The minimum atomic E-state index is -4.52. The van der Waals surface area contributed by atoms with Crippen molar-refractivity contribution in [3.8, 4) is 5.75 Å². The molecule has 154 valence electrons. The monoisotopic (exact) mass is 432 g/mol. The normalized spacial score (nSPS) is 11.5. The zero-order chi connectivity index (χ0) is 21.6. The quantitative estimate of drug-likeness (QED) is 0.401. The van der Waals surface area contributed by atoms with Crippen LogP contribution in [0.4, 0.5) is 13.2 Å². The number of ether oxygens (including phenoxy) is 1. The molecule has 0 fully saturated rings. The van der Waals surface area contributed by atoms with Crippen LogP contribution >= 0.6 is 11.6 Å². The average molecular weight is 433 g/mol. The lowest BCUT2D eigenvalue weighted by atomic mass is 10.1. The number of carbonyl (C=O) groups is 1. The van der Waals surface area contributed by atoms with Crippen molar-refractivity contribution in [2.24, 2.45) is 5.10 Å². The van der Waals surface area contributed by atoms with E-state index in [2.05, 4.69) is 10.5 Å². The topological polar surface area (TPSA) is 50.7 Å². The number of carbonyl (C=O) groups excluding carboxylic acids is 1. The predicted molar refractivity (Wildman–Crippen MR) is 109 cm³/mol. The number of alkyl halides is 3. The van der Waals surface area contributed by atoms with Crippen LogP contribution in [0.1, 0.15) is 27.0 Å². The SMILES string of the molecule is O=C(N/N=C\c1ccccc1C(F)(F)F)c1ccccc1OCc1ccccc1Cl. The van der Waals surface area contributed by atoms with Gasteiger partial charge in [0.1, 0.15) is 12.4 Å².